The highest BCUT2D eigenvalue weighted by molar-refractivity contribution is 6.83. The summed E-state index contributed by atoms with van der Waals surface area (Å²) in [5, 5.41) is 11.5. The molecule has 0 aliphatic carbocycles. The molecule has 0 unspecified atom stereocenters. The van der Waals surface area contributed by atoms with Crippen molar-refractivity contribution in [1.82, 2.24) is 0 Å². The van der Waals surface area contributed by atoms with Crippen LogP contribution in [-0.4, -0.2) is 19.3 Å². The van der Waals surface area contributed by atoms with E-state index in [4.69, 9.17) is 0 Å². The minimum atomic E-state index is -1.46. The fourth-order valence-corrected chi connectivity index (χ4v) is 3.71. The highest BCUT2D eigenvalue weighted by Crippen LogP contribution is 2.23. The van der Waals surface area contributed by atoms with E-state index in [1.54, 1.807) is 0 Å². The van der Waals surface area contributed by atoms with Gasteiger partial charge in [-0.2, -0.15) is 0 Å². The Hall–Kier alpha value is -0.863. The average Bonchev–Trinajstić information content (AvgIpc) is 2.26. The molecule has 1 N–H and O–H groups in total. The van der Waals surface area contributed by atoms with Crippen molar-refractivity contribution in [3.8, 4) is 0 Å². The van der Waals surface area contributed by atoms with Crippen LogP contribution in [0.4, 0.5) is 0 Å². The van der Waals surface area contributed by atoms with Gasteiger partial charge in [-0.1, -0.05) is 74.6 Å². The second-order valence-corrected chi connectivity index (χ2v) is 10.6. The molecule has 0 saturated carbocycles. The Morgan fingerprint density at radius 1 is 1.24 bits per heavy atom. The van der Waals surface area contributed by atoms with Gasteiger partial charge in [0.05, 0.1) is 14.2 Å². The molecule has 0 radical (unpaired) electrons. The summed E-state index contributed by atoms with van der Waals surface area (Å²) in [6.07, 6.45) is 3.81. The van der Waals surface area contributed by atoms with E-state index in [-0.39, 0.29) is 6.10 Å². The van der Waals surface area contributed by atoms with Gasteiger partial charge in [0, 0.05) is 0 Å². The number of hydrogen-bond donors (Lipinski definition) is 1. The minimum absolute atomic E-state index is 0.271. The van der Waals surface area contributed by atoms with E-state index < -0.39 is 8.07 Å². The Labute approximate surface area is 106 Å². The molecule has 0 aliphatic heterocycles. The Bertz CT molecular complexity index is 362. The van der Waals surface area contributed by atoms with Gasteiger partial charge in [-0.05, 0) is 12.0 Å². The first kappa shape index (κ1) is 14.2. The van der Waals surface area contributed by atoms with Crippen LogP contribution in [0.3, 0.4) is 0 Å². The average molecular weight is 248 g/mol. The van der Waals surface area contributed by atoms with E-state index in [0.29, 0.717) is 0 Å². The smallest absolute Gasteiger partial charge is 0.0758 e. The normalized spacial score (nSPS) is 14.8. The molecule has 0 fully saturated rings. The van der Waals surface area contributed by atoms with Crippen LogP contribution in [0.1, 0.15) is 25.3 Å². The van der Waals surface area contributed by atoms with Gasteiger partial charge in [-0.25, -0.2) is 0 Å². The predicted octanol–water partition coefficient (Wildman–Crippen LogP) is 4.11. The molecule has 0 heterocycles. The Morgan fingerprint density at radius 2 is 1.82 bits per heavy atom. The maximum atomic E-state index is 10.3. The molecule has 2 heteroatoms. The first-order chi connectivity index (χ1) is 7.95. The largest absolute Gasteiger partial charge is 0.389 e. The minimum Gasteiger partial charge on any atom is -0.389 e. The van der Waals surface area contributed by atoms with Crippen molar-refractivity contribution in [3.05, 3.63) is 41.1 Å². The van der Waals surface area contributed by atoms with Gasteiger partial charge in [0.2, 0.25) is 0 Å². The summed E-state index contributed by atoms with van der Waals surface area (Å²) in [6, 6.07) is 10.3. The van der Waals surface area contributed by atoms with Crippen LogP contribution in [-0.2, 0) is 0 Å². The van der Waals surface area contributed by atoms with Crippen molar-refractivity contribution in [3.63, 3.8) is 0 Å². The van der Waals surface area contributed by atoms with Crippen molar-refractivity contribution in [2.45, 2.75) is 45.5 Å². The third kappa shape index (κ3) is 4.48. The lowest BCUT2D eigenvalue weighted by atomic mass is 10.1. The van der Waals surface area contributed by atoms with Crippen LogP contribution in [0.5, 0.6) is 0 Å². The first-order valence-corrected chi connectivity index (χ1v) is 9.90. The number of hydrogen-bond acceptors (Lipinski definition) is 1. The SMILES string of the molecule is CCC[C@@H](O)/C(=C/c1ccccc1)[Si](C)(C)C. The van der Waals surface area contributed by atoms with Crippen LogP contribution in [0, 0.1) is 0 Å². The molecular formula is C15H24OSi. The Morgan fingerprint density at radius 3 is 2.29 bits per heavy atom. The molecule has 1 aromatic rings. The topological polar surface area (TPSA) is 20.2 Å². The lowest BCUT2D eigenvalue weighted by Gasteiger charge is -2.26. The predicted molar refractivity (Wildman–Crippen MR) is 78.7 cm³/mol. The highest BCUT2D eigenvalue weighted by Gasteiger charge is 2.25. The molecule has 0 amide bonds. The summed E-state index contributed by atoms with van der Waals surface area (Å²) in [6.45, 7) is 9.00. The zero-order valence-electron chi connectivity index (χ0n) is 11.4. The number of benzene rings is 1. The van der Waals surface area contributed by atoms with Crippen LogP contribution < -0.4 is 0 Å². The third-order valence-corrected chi connectivity index (χ3v) is 5.12. The molecule has 1 atom stereocenters. The molecule has 0 aromatic heterocycles. The summed E-state index contributed by atoms with van der Waals surface area (Å²) in [5.74, 6) is 0. The van der Waals surface area contributed by atoms with Gasteiger partial charge in [0.1, 0.15) is 0 Å². The van der Waals surface area contributed by atoms with Crippen LogP contribution in [0.25, 0.3) is 6.08 Å². The monoisotopic (exact) mass is 248 g/mol. The molecule has 17 heavy (non-hydrogen) atoms. The fourth-order valence-electron chi connectivity index (χ4n) is 1.97. The van der Waals surface area contributed by atoms with Crippen LogP contribution in [0.2, 0.25) is 19.6 Å². The van der Waals surface area contributed by atoms with Crippen LogP contribution >= 0.6 is 0 Å². The molecule has 1 nitrogen and oxygen atoms in total. The molecule has 0 bridgehead atoms. The number of aliphatic hydroxyl groups is 1. The number of rotatable bonds is 5. The van der Waals surface area contributed by atoms with Gasteiger partial charge < -0.3 is 5.11 Å². The molecule has 94 valence electrons. The molecule has 0 aliphatic rings. The fraction of sp³-hybridized carbons (Fsp3) is 0.467. The molecule has 0 spiro atoms. The van der Waals surface area contributed by atoms with E-state index in [1.165, 1.54) is 10.8 Å². The lowest BCUT2D eigenvalue weighted by molar-refractivity contribution is 0.206. The van der Waals surface area contributed by atoms with E-state index in [2.05, 4.69) is 44.8 Å². The van der Waals surface area contributed by atoms with Gasteiger partial charge in [-0.15, -0.1) is 0 Å². The standard InChI is InChI=1S/C15H24OSi/c1-5-9-14(16)15(17(2,3)4)12-13-10-7-6-8-11-13/h6-8,10-12,14,16H,5,9H2,1-4H3/b15-12-/t14-/m1/s1. The quantitative estimate of drug-likeness (QED) is 0.778. The summed E-state index contributed by atoms with van der Waals surface area (Å²) in [7, 11) is -1.46. The van der Waals surface area contributed by atoms with Gasteiger partial charge >= 0.3 is 0 Å². The second-order valence-electron chi connectivity index (χ2n) is 5.56. The van der Waals surface area contributed by atoms with E-state index >= 15 is 0 Å². The summed E-state index contributed by atoms with van der Waals surface area (Å²) in [5.41, 5.74) is 1.19. The molecule has 1 aromatic carbocycles. The zero-order chi connectivity index (χ0) is 12.9. The van der Waals surface area contributed by atoms with Crippen LogP contribution in [0.15, 0.2) is 35.5 Å². The Balaban J connectivity index is 3.03. The summed E-state index contributed by atoms with van der Waals surface area (Å²) in [4.78, 5) is 0. The molecular weight excluding hydrogens is 224 g/mol. The maximum Gasteiger partial charge on any atom is 0.0758 e. The van der Waals surface area contributed by atoms with Gasteiger partial charge in [0.15, 0.2) is 0 Å². The van der Waals surface area contributed by atoms with Gasteiger partial charge in [-0.3, -0.25) is 0 Å². The van der Waals surface area contributed by atoms with Crippen molar-refractivity contribution < 1.29 is 5.11 Å². The molecule has 0 saturated heterocycles. The van der Waals surface area contributed by atoms with Gasteiger partial charge in [0.25, 0.3) is 0 Å². The van der Waals surface area contributed by atoms with Crippen molar-refractivity contribution >= 4 is 14.1 Å². The maximum absolute atomic E-state index is 10.3. The summed E-state index contributed by atoms with van der Waals surface area (Å²) < 4.78 is 0. The third-order valence-electron chi connectivity index (χ3n) is 2.91. The number of aliphatic hydroxyl groups excluding tert-OH is 1. The second kappa shape index (κ2) is 6.17. The zero-order valence-corrected chi connectivity index (χ0v) is 12.4. The van der Waals surface area contributed by atoms with E-state index in [9.17, 15) is 5.11 Å². The van der Waals surface area contributed by atoms with E-state index in [1.807, 2.05) is 18.2 Å². The van der Waals surface area contributed by atoms with Crippen molar-refractivity contribution in [2.75, 3.05) is 0 Å². The highest BCUT2D eigenvalue weighted by atomic mass is 28.3. The molecule has 1 rings (SSSR count). The Kier molecular flexibility index (Phi) is 5.16. The first-order valence-electron chi connectivity index (χ1n) is 6.40. The van der Waals surface area contributed by atoms with Crippen molar-refractivity contribution in [1.29, 1.82) is 0 Å². The van der Waals surface area contributed by atoms with Crippen molar-refractivity contribution in [2.24, 2.45) is 0 Å². The summed E-state index contributed by atoms with van der Waals surface area (Å²) >= 11 is 0. The van der Waals surface area contributed by atoms with E-state index in [0.717, 1.165) is 12.8 Å². The lowest BCUT2D eigenvalue weighted by Crippen LogP contribution is -2.32.